The molecular formula is C21H25NO7. The highest BCUT2D eigenvalue weighted by Crippen LogP contribution is 2.44. The van der Waals surface area contributed by atoms with Crippen LogP contribution < -0.4 is 5.32 Å². The van der Waals surface area contributed by atoms with E-state index in [1.54, 1.807) is 0 Å². The minimum absolute atomic E-state index is 0.165. The lowest BCUT2D eigenvalue weighted by molar-refractivity contribution is -0.121. The summed E-state index contributed by atoms with van der Waals surface area (Å²) >= 11 is 0. The Bertz CT molecular complexity index is 798. The van der Waals surface area contributed by atoms with E-state index in [0.29, 0.717) is 0 Å². The van der Waals surface area contributed by atoms with Crippen molar-refractivity contribution in [1.82, 2.24) is 5.32 Å². The van der Waals surface area contributed by atoms with Gasteiger partial charge >= 0.3 is 6.09 Å². The van der Waals surface area contributed by atoms with Gasteiger partial charge in [-0.05, 0) is 11.1 Å². The maximum Gasteiger partial charge on any atom is 0.408 e. The molecule has 0 saturated heterocycles. The molecule has 1 aliphatic rings. The summed E-state index contributed by atoms with van der Waals surface area (Å²) in [6.45, 7) is -0.883. The molecule has 8 heteroatoms. The van der Waals surface area contributed by atoms with Crippen LogP contribution >= 0.6 is 0 Å². The Kier molecular flexibility index (Phi) is 6.83. The lowest BCUT2D eigenvalue weighted by atomic mass is 10.0. The number of ether oxygens (including phenoxy) is 2. The fourth-order valence-corrected chi connectivity index (χ4v) is 3.47. The van der Waals surface area contributed by atoms with Crippen molar-refractivity contribution in [3.8, 4) is 11.1 Å². The second kappa shape index (κ2) is 9.34. The van der Waals surface area contributed by atoms with E-state index < -0.39 is 43.2 Å². The predicted octanol–water partition coefficient (Wildman–Crippen LogP) is 0.573. The Morgan fingerprint density at radius 3 is 2.07 bits per heavy atom. The first-order chi connectivity index (χ1) is 14.0. The summed E-state index contributed by atoms with van der Waals surface area (Å²) < 4.78 is 10.7. The van der Waals surface area contributed by atoms with Gasteiger partial charge in [-0.1, -0.05) is 48.5 Å². The maximum atomic E-state index is 12.4. The molecule has 0 spiro atoms. The summed E-state index contributed by atoms with van der Waals surface area (Å²) in [4.78, 5) is 12.4. The monoisotopic (exact) mass is 403 g/mol. The van der Waals surface area contributed by atoms with E-state index in [0.717, 1.165) is 22.3 Å². The number of alkyl carbamates (subject to hydrolysis) is 1. The van der Waals surface area contributed by atoms with Crippen LogP contribution in [0.5, 0.6) is 0 Å². The number of hydrogen-bond acceptors (Lipinski definition) is 7. The topological polar surface area (TPSA) is 128 Å². The van der Waals surface area contributed by atoms with Crippen molar-refractivity contribution in [2.45, 2.75) is 30.5 Å². The Labute approximate surface area is 168 Å². The zero-order chi connectivity index (χ0) is 21.0. The Hall–Kier alpha value is -2.49. The zero-order valence-corrected chi connectivity index (χ0v) is 15.9. The third-order valence-corrected chi connectivity index (χ3v) is 5.06. The van der Waals surface area contributed by atoms with Gasteiger partial charge in [0.1, 0.15) is 24.4 Å². The fraction of sp³-hybridized carbons (Fsp3) is 0.381. The molecular weight excluding hydrogens is 378 g/mol. The molecule has 5 N–H and O–H groups in total. The highest BCUT2D eigenvalue weighted by Gasteiger charge is 2.33. The second-order valence-corrected chi connectivity index (χ2v) is 6.85. The molecule has 29 heavy (non-hydrogen) atoms. The van der Waals surface area contributed by atoms with Gasteiger partial charge in [0, 0.05) is 24.8 Å². The molecule has 0 fully saturated rings. The lowest BCUT2D eigenvalue weighted by Gasteiger charge is -2.28. The fourth-order valence-electron chi connectivity index (χ4n) is 3.47. The quantitative estimate of drug-likeness (QED) is 0.436. The molecule has 0 saturated carbocycles. The average Bonchev–Trinajstić information content (AvgIpc) is 3.06. The molecule has 0 aliphatic heterocycles. The van der Waals surface area contributed by atoms with Gasteiger partial charge in [-0.2, -0.15) is 0 Å². The van der Waals surface area contributed by atoms with Crippen LogP contribution in [0, 0.1) is 0 Å². The smallest absolute Gasteiger partial charge is 0.408 e. The SMILES string of the molecule is COC(CNC(=O)OC1c2ccccc2-c2ccccc21)C(O)C(O)C(O)CO. The molecule has 156 valence electrons. The van der Waals surface area contributed by atoms with Gasteiger partial charge in [0.15, 0.2) is 6.10 Å². The van der Waals surface area contributed by atoms with Crippen LogP contribution in [0.4, 0.5) is 4.79 Å². The summed E-state index contributed by atoms with van der Waals surface area (Å²) in [5.74, 6) is 0. The number of rotatable bonds is 8. The summed E-state index contributed by atoms with van der Waals surface area (Å²) in [5, 5.41) is 40.8. The Morgan fingerprint density at radius 1 is 1.00 bits per heavy atom. The highest BCUT2D eigenvalue weighted by molar-refractivity contribution is 5.79. The molecule has 4 atom stereocenters. The molecule has 0 aromatic heterocycles. The van der Waals surface area contributed by atoms with Crippen LogP contribution in [0.25, 0.3) is 11.1 Å². The third kappa shape index (κ3) is 4.42. The van der Waals surface area contributed by atoms with Gasteiger partial charge in [0.05, 0.1) is 6.61 Å². The van der Waals surface area contributed by atoms with E-state index >= 15 is 0 Å². The number of fused-ring (bicyclic) bond motifs is 3. The molecule has 0 radical (unpaired) electrons. The van der Waals surface area contributed by atoms with Crippen LogP contribution in [0.1, 0.15) is 17.2 Å². The predicted molar refractivity (Wildman–Crippen MR) is 104 cm³/mol. The average molecular weight is 403 g/mol. The van der Waals surface area contributed by atoms with Crippen molar-refractivity contribution in [3.63, 3.8) is 0 Å². The van der Waals surface area contributed by atoms with Crippen LogP contribution in [-0.2, 0) is 9.47 Å². The van der Waals surface area contributed by atoms with Crippen LogP contribution in [-0.4, -0.2) is 71.2 Å². The largest absolute Gasteiger partial charge is 0.436 e. The van der Waals surface area contributed by atoms with Crippen LogP contribution in [0.3, 0.4) is 0 Å². The van der Waals surface area contributed by atoms with E-state index in [1.165, 1.54) is 7.11 Å². The summed E-state index contributed by atoms with van der Waals surface area (Å²) in [6, 6.07) is 15.4. The van der Waals surface area contributed by atoms with E-state index in [1.807, 2.05) is 48.5 Å². The number of benzene rings is 2. The minimum Gasteiger partial charge on any atom is -0.436 e. The van der Waals surface area contributed by atoms with Gasteiger partial charge in [-0.3, -0.25) is 0 Å². The minimum atomic E-state index is -1.63. The number of hydrogen-bond donors (Lipinski definition) is 5. The number of aliphatic hydroxyl groups is 4. The van der Waals surface area contributed by atoms with Crippen molar-refractivity contribution < 1.29 is 34.7 Å². The molecule has 8 nitrogen and oxygen atoms in total. The molecule has 2 aromatic rings. The molecule has 1 amide bonds. The number of aliphatic hydroxyl groups excluding tert-OH is 4. The second-order valence-electron chi connectivity index (χ2n) is 6.85. The Morgan fingerprint density at radius 2 is 1.55 bits per heavy atom. The number of carbonyl (C=O) groups is 1. The summed E-state index contributed by atoms with van der Waals surface area (Å²) in [6.07, 6.45) is -6.96. The van der Waals surface area contributed by atoms with Crippen molar-refractivity contribution in [2.24, 2.45) is 0 Å². The van der Waals surface area contributed by atoms with Gasteiger partial charge < -0.3 is 35.2 Å². The first-order valence-electron chi connectivity index (χ1n) is 9.28. The van der Waals surface area contributed by atoms with Crippen molar-refractivity contribution in [1.29, 1.82) is 0 Å². The van der Waals surface area contributed by atoms with Crippen LogP contribution in [0.2, 0.25) is 0 Å². The van der Waals surface area contributed by atoms with Gasteiger partial charge in [-0.25, -0.2) is 4.79 Å². The van der Waals surface area contributed by atoms with Crippen molar-refractivity contribution in [3.05, 3.63) is 59.7 Å². The molecule has 0 bridgehead atoms. The first kappa shape index (κ1) is 21.2. The van der Waals surface area contributed by atoms with Crippen LogP contribution in [0.15, 0.2) is 48.5 Å². The normalized spacial score (nSPS) is 17.0. The maximum absolute atomic E-state index is 12.4. The van der Waals surface area contributed by atoms with Gasteiger partial charge in [0.25, 0.3) is 0 Å². The Balaban J connectivity index is 1.65. The molecule has 3 rings (SSSR count). The third-order valence-electron chi connectivity index (χ3n) is 5.06. The van der Waals surface area contributed by atoms with Gasteiger partial charge in [0.2, 0.25) is 0 Å². The lowest BCUT2D eigenvalue weighted by Crippen LogP contribution is -2.50. The van der Waals surface area contributed by atoms with Gasteiger partial charge in [-0.15, -0.1) is 0 Å². The zero-order valence-electron chi connectivity index (χ0n) is 15.9. The molecule has 2 aromatic carbocycles. The highest BCUT2D eigenvalue weighted by atomic mass is 16.6. The summed E-state index contributed by atoms with van der Waals surface area (Å²) in [5.41, 5.74) is 3.78. The number of carbonyl (C=O) groups excluding carboxylic acids is 1. The molecule has 0 heterocycles. The van der Waals surface area contributed by atoms with E-state index in [-0.39, 0.29) is 6.54 Å². The van der Waals surface area contributed by atoms with E-state index in [4.69, 9.17) is 14.6 Å². The number of nitrogens with one attached hydrogen (secondary N) is 1. The van der Waals surface area contributed by atoms with Crippen molar-refractivity contribution >= 4 is 6.09 Å². The molecule has 1 aliphatic carbocycles. The molecule has 4 unspecified atom stereocenters. The van der Waals surface area contributed by atoms with E-state index in [2.05, 4.69) is 5.32 Å². The number of methoxy groups -OCH3 is 1. The van der Waals surface area contributed by atoms with Crippen molar-refractivity contribution in [2.75, 3.05) is 20.3 Å². The standard InChI is InChI=1S/C21H25NO7/c1-28-17(19(26)18(25)16(24)11-23)10-22-21(27)29-20-14-8-4-2-6-12(14)13-7-3-5-9-15(13)20/h2-9,16-20,23-26H,10-11H2,1H3,(H,22,27). The first-order valence-corrected chi connectivity index (χ1v) is 9.28. The number of amides is 1. The summed E-state index contributed by atoms with van der Waals surface area (Å²) in [7, 11) is 1.29. The van der Waals surface area contributed by atoms with E-state index in [9.17, 15) is 20.1 Å².